The van der Waals surface area contributed by atoms with Crippen molar-refractivity contribution >= 4 is 0 Å². The van der Waals surface area contributed by atoms with E-state index in [1.807, 2.05) is 47.3 Å². The number of methoxy groups -OCH3 is 1. The van der Waals surface area contributed by atoms with Gasteiger partial charge in [-0.1, -0.05) is 24.3 Å². The predicted octanol–water partition coefficient (Wildman–Crippen LogP) is 4.13. The van der Waals surface area contributed by atoms with E-state index in [-0.39, 0.29) is 0 Å². The largest absolute Gasteiger partial charge is 0.497 e. The summed E-state index contributed by atoms with van der Waals surface area (Å²) in [5.74, 6) is 2.34. The molecule has 0 spiro atoms. The second-order valence-electron chi connectivity index (χ2n) is 7.44. The molecule has 152 valence electrons. The highest BCUT2D eigenvalue weighted by Gasteiger charge is 2.15. The number of nitrogens with zero attached hydrogens (tertiary/aromatic N) is 5. The van der Waals surface area contributed by atoms with E-state index in [2.05, 4.69) is 48.2 Å². The highest BCUT2D eigenvalue weighted by molar-refractivity contribution is 5.63. The number of ether oxygens (including phenoxy) is 1. The van der Waals surface area contributed by atoms with Gasteiger partial charge in [-0.3, -0.25) is 4.98 Å². The van der Waals surface area contributed by atoms with Gasteiger partial charge in [0.25, 0.3) is 0 Å². The van der Waals surface area contributed by atoms with Crippen LogP contribution >= 0.6 is 0 Å². The van der Waals surface area contributed by atoms with Crippen LogP contribution in [0.25, 0.3) is 22.8 Å². The lowest BCUT2D eigenvalue weighted by molar-refractivity contribution is 0.402. The first kappa shape index (κ1) is 19.8. The van der Waals surface area contributed by atoms with Gasteiger partial charge < -0.3 is 9.64 Å². The van der Waals surface area contributed by atoms with Gasteiger partial charge in [0.05, 0.1) is 13.7 Å². The average Bonchev–Trinajstić information content (AvgIpc) is 3.18. The van der Waals surface area contributed by atoms with Crippen LogP contribution in [0.5, 0.6) is 5.75 Å². The van der Waals surface area contributed by atoms with Crippen molar-refractivity contribution in [3.05, 3.63) is 84.2 Å². The van der Waals surface area contributed by atoms with Crippen LogP contribution in [-0.4, -0.2) is 45.9 Å². The number of hydrogen-bond acceptors (Lipinski definition) is 5. The molecule has 6 nitrogen and oxygen atoms in total. The minimum atomic E-state index is 0.601. The summed E-state index contributed by atoms with van der Waals surface area (Å²) in [4.78, 5) is 11.3. The molecule has 4 rings (SSSR count). The summed E-state index contributed by atoms with van der Waals surface area (Å²) in [5.41, 5.74) is 4.31. The Bertz CT molecular complexity index is 1100. The van der Waals surface area contributed by atoms with Crippen molar-refractivity contribution in [3.63, 3.8) is 0 Å². The van der Waals surface area contributed by atoms with E-state index in [9.17, 15) is 0 Å². The van der Waals surface area contributed by atoms with Crippen LogP contribution in [0.2, 0.25) is 0 Å². The molecule has 0 atom stereocenters. The van der Waals surface area contributed by atoms with Gasteiger partial charge in [0, 0.05) is 30.1 Å². The maximum Gasteiger partial charge on any atom is 0.181 e. The van der Waals surface area contributed by atoms with Gasteiger partial charge in [-0.25, -0.2) is 9.67 Å². The highest BCUT2D eigenvalue weighted by atomic mass is 16.5. The van der Waals surface area contributed by atoms with Gasteiger partial charge in [-0.2, -0.15) is 5.10 Å². The second kappa shape index (κ2) is 8.88. The first-order valence-electron chi connectivity index (χ1n) is 9.84. The molecule has 2 heterocycles. The summed E-state index contributed by atoms with van der Waals surface area (Å²) in [7, 11) is 5.80. The Balaban J connectivity index is 1.76. The third kappa shape index (κ3) is 4.55. The molecular weight excluding hydrogens is 374 g/mol. The van der Waals surface area contributed by atoms with Crippen LogP contribution in [0, 0.1) is 0 Å². The van der Waals surface area contributed by atoms with Crippen LogP contribution in [0.3, 0.4) is 0 Å². The van der Waals surface area contributed by atoms with E-state index >= 15 is 0 Å². The number of rotatable bonds is 7. The van der Waals surface area contributed by atoms with Gasteiger partial charge in [0.2, 0.25) is 0 Å². The summed E-state index contributed by atoms with van der Waals surface area (Å²) in [6, 6.07) is 20.3. The first-order valence-corrected chi connectivity index (χ1v) is 9.84. The molecule has 0 aliphatic carbocycles. The van der Waals surface area contributed by atoms with E-state index < -0.39 is 0 Å². The fraction of sp³-hybridized carbons (Fsp3) is 0.208. The van der Waals surface area contributed by atoms with Gasteiger partial charge in [0.1, 0.15) is 5.75 Å². The molecule has 0 aliphatic heterocycles. The van der Waals surface area contributed by atoms with Crippen LogP contribution < -0.4 is 4.74 Å². The zero-order valence-electron chi connectivity index (χ0n) is 17.5. The Morgan fingerprint density at radius 3 is 2.43 bits per heavy atom. The van der Waals surface area contributed by atoms with Crippen molar-refractivity contribution in [2.45, 2.75) is 13.1 Å². The van der Waals surface area contributed by atoms with Gasteiger partial charge >= 0.3 is 0 Å². The third-order valence-corrected chi connectivity index (χ3v) is 4.76. The van der Waals surface area contributed by atoms with Crippen molar-refractivity contribution in [1.82, 2.24) is 24.6 Å². The normalized spacial score (nSPS) is 11.1. The Hall–Kier alpha value is -3.51. The quantitative estimate of drug-likeness (QED) is 0.468. The fourth-order valence-electron chi connectivity index (χ4n) is 3.37. The standard InChI is InChI=1S/C24H25N5O/c1-28(2)16-18-6-4-8-21(14-18)24-26-23(20-9-11-22(30-3)12-10-20)27-29(24)17-19-7-5-13-25-15-19/h4-15H,16-17H2,1-3H3. The molecular formula is C24H25N5O. The summed E-state index contributed by atoms with van der Waals surface area (Å²) >= 11 is 0. The lowest BCUT2D eigenvalue weighted by atomic mass is 10.1. The third-order valence-electron chi connectivity index (χ3n) is 4.76. The van der Waals surface area contributed by atoms with Crippen LogP contribution in [0.15, 0.2) is 73.1 Å². The molecule has 0 unspecified atom stereocenters. The molecule has 0 bridgehead atoms. The summed E-state index contributed by atoms with van der Waals surface area (Å²) < 4.78 is 7.22. The molecule has 30 heavy (non-hydrogen) atoms. The molecule has 2 aromatic carbocycles. The van der Waals surface area contributed by atoms with Crippen molar-refractivity contribution in [2.24, 2.45) is 0 Å². The summed E-state index contributed by atoms with van der Waals surface area (Å²) in [6.07, 6.45) is 3.64. The predicted molar refractivity (Wildman–Crippen MR) is 118 cm³/mol. The smallest absolute Gasteiger partial charge is 0.181 e. The minimum Gasteiger partial charge on any atom is -0.497 e. The Morgan fingerprint density at radius 1 is 0.933 bits per heavy atom. The molecule has 0 saturated carbocycles. The maximum absolute atomic E-state index is 5.27. The average molecular weight is 399 g/mol. The summed E-state index contributed by atoms with van der Waals surface area (Å²) in [6.45, 7) is 1.47. The zero-order chi connectivity index (χ0) is 20.9. The Labute approximate surface area is 176 Å². The molecule has 0 fully saturated rings. The van der Waals surface area contributed by atoms with E-state index in [0.29, 0.717) is 12.4 Å². The number of benzene rings is 2. The molecule has 0 N–H and O–H groups in total. The van der Waals surface area contributed by atoms with Crippen molar-refractivity contribution in [3.8, 4) is 28.5 Å². The zero-order valence-corrected chi connectivity index (χ0v) is 17.5. The maximum atomic E-state index is 5.27. The monoisotopic (exact) mass is 399 g/mol. The molecule has 0 aliphatic rings. The van der Waals surface area contributed by atoms with Crippen LogP contribution in [0.1, 0.15) is 11.1 Å². The van der Waals surface area contributed by atoms with Gasteiger partial charge in [-0.15, -0.1) is 0 Å². The van der Waals surface area contributed by atoms with E-state index in [0.717, 1.165) is 34.8 Å². The lowest BCUT2D eigenvalue weighted by Gasteiger charge is -2.11. The topological polar surface area (TPSA) is 56.1 Å². The molecule has 0 radical (unpaired) electrons. The fourth-order valence-corrected chi connectivity index (χ4v) is 3.37. The number of hydrogen-bond donors (Lipinski definition) is 0. The second-order valence-corrected chi connectivity index (χ2v) is 7.44. The molecule has 6 heteroatoms. The van der Waals surface area contributed by atoms with Gasteiger partial charge in [-0.05, 0) is 61.6 Å². The molecule has 4 aromatic rings. The van der Waals surface area contributed by atoms with Crippen LogP contribution in [-0.2, 0) is 13.1 Å². The van der Waals surface area contributed by atoms with Gasteiger partial charge in [0.15, 0.2) is 11.6 Å². The molecule has 2 aromatic heterocycles. The summed E-state index contributed by atoms with van der Waals surface area (Å²) in [5, 5.41) is 4.82. The number of aromatic nitrogens is 4. The van der Waals surface area contributed by atoms with E-state index in [4.69, 9.17) is 14.8 Å². The molecule has 0 saturated heterocycles. The molecule has 0 amide bonds. The Morgan fingerprint density at radius 2 is 1.73 bits per heavy atom. The first-order chi connectivity index (χ1) is 14.6. The van der Waals surface area contributed by atoms with E-state index in [1.54, 1.807) is 13.3 Å². The lowest BCUT2D eigenvalue weighted by Crippen LogP contribution is -2.10. The Kier molecular flexibility index (Phi) is 5.86. The van der Waals surface area contributed by atoms with E-state index in [1.165, 1.54) is 5.56 Å². The van der Waals surface area contributed by atoms with Crippen molar-refractivity contribution < 1.29 is 4.74 Å². The van der Waals surface area contributed by atoms with Crippen molar-refractivity contribution in [1.29, 1.82) is 0 Å². The van der Waals surface area contributed by atoms with Crippen molar-refractivity contribution in [2.75, 3.05) is 21.2 Å². The SMILES string of the molecule is COc1ccc(-c2nc(-c3cccc(CN(C)C)c3)n(Cc3cccnc3)n2)cc1. The number of pyridine rings is 1. The minimum absolute atomic E-state index is 0.601. The highest BCUT2D eigenvalue weighted by Crippen LogP contribution is 2.25. The van der Waals surface area contributed by atoms with Crippen LogP contribution in [0.4, 0.5) is 0 Å².